The Hall–Kier alpha value is -1.33. The first-order valence-corrected chi connectivity index (χ1v) is 8.48. The topological polar surface area (TPSA) is 40.6 Å². The van der Waals surface area contributed by atoms with E-state index >= 15 is 0 Å². The zero-order chi connectivity index (χ0) is 14.9. The molecule has 0 bridgehead atoms. The van der Waals surface area contributed by atoms with Crippen molar-refractivity contribution in [3.8, 4) is 0 Å². The minimum absolute atomic E-state index is 0.0126. The molecule has 1 aliphatic rings. The highest BCUT2D eigenvalue weighted by atomic mass is 32.2. The van der Waals surface area contributed by atoms with Crippen molar-refractivity contribution in [1.29, 1.82) is 0 Å². The third-order valence-corrected chi connectivity index (χ3v) is 5.83. The third kappa shape index (κ3) is 2.88. The third-order valence-electron chi connectivity index (χ3n) is 3.70. The Bertz CT molecular complexity index is 608. The van der Waals surface area contributed by atoms with E-state index in [-0.39, 0.29) is 5.91 Å². The van der Waals surface area contributed by atoms with Crippen LogP contribution in [0.15, 0.2) is 29.2 Å². The molecule has 0 N–H and O–H groups in total. The average Bonchev–Trinajstić information content (AvgIpc) is 2.89. The van der Waals surface area contributed by atoms with Gasteiger partial charge in [-0.3, -0.25) is 4.79 Å². The van der Waals surface area contributed by atoms with Gasteiger partial charge in [0.05, 0.1) is 16.4 Å². The number of hydrogen-bond acceptors (Lipinski definition) is 2. The molecule has 2 rings (SSSR count). The van der Waals surface area contributed by atoms with E-state index in [1.807, 2.05) is 24.3 Å². The summed E-state index contributed by atoms with van der Waals surface area (Å²) in [5.41, 5.74) is 1.15. The second kappa shape index (κ2) is 5.58. The highest BCUT2D eigenvalue weighted by Crippen LogP contribution is 2.23. The fourth-order valence-corrected chi connectivity index (χ4v) is 3.90. The van der Waals surface area contributed by atoms with Crippen LogP contribution in [-0.2, 0) is 14.5 Å². The summed E-state index contributed by atoms with van der Waals surface area (Å²) in [6, 6.07) is 7.79. The van der Waals surface area contributed by atoms with E-state index in [1.165, 1.54) is 6.92 Å². The van der Waals surface area contributed by atoms with Gasteiger partial charge in [-0.25, -0.2) is 8.51 Å². The van der Waals surface area contributed by atoms with Crippen LogP contribution in [0.4, 0.5) is 0 Å². The first-order chi connectivity index (χ1) is 9.32. The molecule has 5 heteroatoms. The molecule has 4 nitrogen and oxygen atoms in total. The van der Waals surface area contributed by atoms with E-state index < -0.39 is 9.71 Å². The molecule has 110 valence electrons. The van der Waals surface area contributed by atoms with Crippen LogP contribution in [0.3, 0.4) is 0 Å². The molecule has 0 saturated carbocycles. The summed E-state index contributed by atoms with van der Waals surface area (Å²) >= 11 is 0. The maximum Gasteiger partial charge on any atom is 0.220 e. The highest BCUT2D eigenvalue weighted by Gasteiger charge is 2.28. The maximum absolute atomic E-state index is 13.0. The first kappa shape index (κ1) is 15.1. The monoisotopic (exact) mass is 294 g/mol. The van der Waals surface area contributed by atoms with Crippen molar-refractivity contribution >= 4 is 21.5 Å². The van der Waals surface area contributed by atoms with E-state index in [9.17, 15) is 9.00 Å². The molecule has 1 fully saturated rings. The van der Waals surface area contributed by atoms with Gasteiger partial charge in [-0.1, -0.05) is 26.0 Å². The predicted molar refractivity (Wildman–Crippen MR) is 83.0 cm³/mol. The average molecular weight is 294 g/mol. The van der Waals surface area contributed by atoms with E-state index in [1.54, 1.807) is 9.21 Å². The lowest BCUT2D eigenvalue weighted by atomic mass is 10.0. The lowest BCUT2D eigenvalue weighted by molar-refractivity contribution is -0.128. The molecule has 0 aliphatic carbocycles. The Morgan fingerprint density at radius 3 is 2.60 bits per heavy atom. The smallest absolute Gasteiger partial charge is 0.220 e. The fourth-order valence-electron chi connectivity index (χ4n) is 2.28. The molecule has 1 heterocycles. The van der Waals surface area contributed by atoms with E-state index in [0.29, 0.717) is 25.7 Å². The van der Waals surface area contributed by atoms with Crippen molar-refractivity contribution in [3.05, 3.63) is 29.8 Å². The summed E-state index contributed by atoms with van der Waals surface area (Å²) < 4.78 is 14.8. The zero-order valence-electron chi connectivity index (χ0n) is 12.3. The van der Waals surface area contributed by atoms with Crippen LogP contribution in [0.25, 0.3) is 0 Å². The van der Waals surface area contributed by atoms with E-state index in [0.717, 1.165) is 10.5 Å². The molecule has 0 aromatic heterocycles. The number of amides is 1. The Balaban J connectivity index is 2.27. The molecule has 1 amide bonds. The van der Waals surface area contributed by atoms with Crippen LogP contribution < -0.4 is 0 Å². The van der Waals surface area contributed by atoms with Gasteiger partial charge in [0.25, 0.3) is 0 Å². The SMILES string of the molecule is C=S(=O)(c1cccc(C(C)C)c1)N1CCN(C(C)=O)C1. The molecular formula is C15H22N2O2S. The van der Waals surface area contributed by atoms with Gasteiger partial charge in [0.1, 0.15) is 0 Å². The number of nitrogens with zero attached hydrogens (tertiary/aromatic N) is 2. The summed E-state index contributed by atoms with van der Waals surface area (Å²) in [6.45, 7) is 7.37. The molecule has 1 atom stereocenters. The van der Waals surface area contributed by atoms with Crippen LogP contribution in [0, 0.1) is 0 Å². The highest BCUT2D eigenvalue weighted by molar-refractivity contribution is 7.98. The number of carbonyl (C=O) groups excluding carboxylic acids is 1. The molecule has 1 aromatic carbocycles. The molecule has 1 unspecified atom stereocenters. The van der Waals surface area contributed by atoms with Crippen LogP contribution in [0.5, 0.6) is 0 Å². The minimum atomic E-state index is -2.52. The summed E-state index contributed by atoms with van der Waals surface area (Å²) in [6.07, 6.45) is 0. The van der Waals surface area contributed by atoms with Gasteiger partial charge in [0.15, 0.2) is 0 Å². The second-order valence-electron chi connectivity index (χ2n) is 5.50. The van der Waals surface area contributed by atoms with Gasteiger partial charge in [-0.05, 0) is 29.5 Å². The maximum atomic E-state index is 13.0. The number of hydrogen-bond donors (Lipinski definition) is 0. The Morgan fingerprint density at radius 2 is 2.05 bits per heavy atom. The summed E-state index contributed by atoms with van der Waals surface area (Å²) in [5, 5.41) is 0. The van der Waals surface area contributed by atoms with Gasteiger partial charge in [-0.2, -0.15) is 0 Å². The summed E-state index contributed by atoms with van der Waals surface area (Å²) in [4.78, 5) is 13.8. The largest absolute Gasteiger partial charge is 0.328 e. The van der Waals surface area contributed by atoms with Gasteiger partial charge < -0.3 is 4.90 Å². The Morgan fingerprint density at radius 1 is 1.35 bits per heavy atom. The molecule has 1 saturated heterocycles. The molecule has 0 spiro atoms. The van der Waals surface area contributed by atoms with Gasteiger partial charge in [-0.15, -0.1) is 0 Å². The minimum Gasteiger partial charge on any atom is -0.328 e. The van der Waals surface area contributed by atoms with Gasteiger partial charge >= 0.3 is 0 Å². The fraction of sp³-hybridized carbons (Fsp3) is 0.467. The molecule has 1 aromatic rings. The van der Waals surface area contributed by atoms with Crippen LogP contribution >= 0.6 is 0 Å². The molecule has 0 radical (unpaired) electrons. The molecule has 1 aliphatic heterocycles. The Labute approximate surface area is 121 Å². The van der Waals surface area contributed by atoms with Crippen LogP contribution in [-0.4, -0.2) is 44.9 Å². The van der Waals surface area contributed by atoms with Gasteiger partial charge in [0, 0.05) is 24.9 Å². The van der Waals surface area contributed by atoms with Gasteiger partial charge in [0.2, 0.25) is 5.91 Å². The lowest BCUT2D eigenvalue weighted by Gasteiger charge is -2.22. The first-order valence-electron chi connectivity index (χ1n) is 6.80. The molecule has 20 heavy (non-hydrogen) atoms. The summed E-state index contributed by atoms with van der Waals surface area (Å²) in [5.74, 6) is 4.33. The van der Waals surface area contributed by atoms with E-state index in [2.05, 4.69) is 19.7 Å². The second-order valence-corrected chi connectivity index (χ2v) is 7.77. The van der Waals surface area contributed by atoms with Crippen molar-refractivity contribution < 1.29 is 9.00 Å². The van der Waals surface area contributed by atoms with Crippen molar-refractivity contribution in [2.75, 3.05) is 19.8 Å². The zero-order valence-corrected chi connectivity index (χ0v) is 13.2. The van der Waals surface area contributed by atoms with E-state index in [4.69, 9.17) is 0 Å². The number of benzene rings is 1. The van der Waals surface area contributed by atoms with Crippen molar-refractivity contribution in [2.24, 2.45) is 0 Å². The van der Waals surface area contributed by atoms with Crippen molar-refractivity contribution in [1.82, 2.24) is 9.21 Å². The van der Waals surface area contributed by atoms with Crippen molar-refractivity contribution in [3.63, 3.8) is 0 Å². The normalized spacial score (nSPS) is 19.3. The van der Waals surface area contributed by atoms with Crippen LogP contribution in [0.1, 0.15) is 32.3 Å². The quantitative estimate of drug-likeness (QED) is 0.799. The lowest BCUT2D eigenvalue weighted by Crippen LogP contribution is -2.32. The Kier molecular flexibility index (Phi) is 4.20. The predicted octanol–water partition coefficient (Wildman–Crippen LogP) is 1.92. The van der Waals surface area contributed by atoms with Crippen LogP contribution in [0.2, 0.25) is 0 Å². The number of carbonyl (C=O) groups is 1. The number of rotatable bonds is 3. The van der Waals surface area contributed by atoms with Crippen molar-refractivity contribution in [2.45, 2.75) is 31.6 Å². The standard InChI is InChI=1S/C15H22N2O2S/c1-12(2)14-6-5-7-15(10-14)20(4,19)17-9-8-16(11-17)13(3)18/h5-7,10,12H,4,8-9,11H2,1-3H3. The molecular weight excluding hydrogens is 272 g/mol. The summed E-state index contributed by atoms with van der Waals surface area (Å²) in [7, 11) is -2.52.